The number of aryl methyl sites for hydroxylation is 1. The summed E-state index contributed by atoms with van der Waals surface area (Å²) in [5.41, 5.74) is 6.12. The predicted molar refractivity (Wildman–Crippen MR) is 184 cm³/mol. The molecule has 6 amide bonds. The normalized spacial score (nSPS) is 14.6. The van der Waals surface area contributed by atoms with E-state index >= 15 is 0 Å². The second-order valence-corrected chi connectivity index (χ2v) is 13.2. The van der Waals surface area contributed by atoms with E-state index in [2.05, 4.69) is 26.6 Å². The van der Waals surface area contributed by atoms with Crippen molar-refractivity contribution in [2.45, 2.75) is 110 Å². The summed E-state index contributed by atoms with van der Waals surface area (Å²) >= 11 is 0. The predicted octanol–water partition coefficient (Wildman–Crippen LogP) is -0.0683. The molecule has 51 heavy (non-hydrogen) atoms. The molecule has 0 heterocycles. The van der Waals surface area contributed by atoms with Crippen LogP contribution in [0.3, 0.4) is 0 Å². The molecule has 0 fully saturated rings. The molecular weight excluding hydrogens is 668 g/mol. The first-order valence-electron chi connectivity index (χ1n) is 16.8. The Morgan fingerprint density at radius 2 is 1.20 bits per heavy atom. The van der Waals surface area contributed by atoms with E-state index in [-0.39, 0.29) is 24.5 Å². The monoisotopic (exact) mass is 720 g/mol. The van der Waals surface area contributed by atoms with E-state index in [0.29, 0.717) is 12.8 Å². The van der Waals surface area contributed by atoms with Crippen LogP contribution in [0.25, 0.3) is 0 Å². The highest BCUT2D eigenvalue weighted by atomic mass is 16.4. The average molecular weight is 721 g/mol. The van der Waals surface area contributed by atoms with Crippen molar-refractivity contribution in [1.29, 1.82) is 0 Å². The Morgan fingerprint density at radius 3 is 1.67 bits per heavy atom. The highest BCUT2D eigenvalue weighted by Crippen LogP contribution is 2.14. The van der Waals surface area contributed by atoms with Crippen molar-refractivity contribution in [3.8, 4) is 5.75 Å². The van der Waals surface area contributed by atoms with Crippen LogP contribution in [0.4, 0.5) is 0 Å². The lowest BCUT2D eigenvalue weighted by atomic mass is 9.96. The van der Waals surface area contributed by atoms with Crippen LogP contribution in [-0.4, -0.2) is 92.9 Å². The van der Waals surface area contributed by atoms with Crippen LogP contribution < -0.4 is 32.3 Å². The van der Waals surface area contributed by atoms with Crippen molar-refractivity contribution in [3.63, 3.8) is 0 Å². The topological polar surface area (TPSA) is 283 Å². The standard InChI is InChI=1S/C34H52N6O11/c1-7-19(6)29(40-32(48)28(18(4)5)39-26(43)13-10-20-8-11-21(41)12-9-20)33(49)37-22(15-25(35)42)30(46)36-23(16-27(44)45)31(47)38-24(34(50)51)14-17(2)3/h8-9,11-12,17-19,22-24,28-29,41H,7,10,13-16H2,1-6H3,(H2,35,42)(H,36,46)(H,37,49)(H,38,47)(H,39,43)(H,40,48)(H,44,45)(H,50,51)/t19-,22-,23-,24-,28-,29-/m0/s1. The lowest BCUT2D eigenvalue weighted by Gasteiger charge is -2.29. The first-order valence-corrected chi connectivity index (χ1v) is 16.8. The van der Waals surface area contributed by atoms with Gasteiger partial charge in [0, 0.05) is 6.42 Å². The number of carboxylic acid groups (broad SMARTS) is 2. The number of hydrogen-bond acceptors (Lipinski definition) is 9. The lowest BCUT2D eigenvalue weighted by Crippen LogP contribution is -2.61. The fourth-order valence-electron chi connectivity index (χ4n) is 4.94. The molecule has 1 aromatic carbocycles. The Balaban J connectivity index is 3.16. The maximum Gasteiger partial charge on any atom is 0.326 e. The lowest BCUT2D eigenvalue weighted by molar-refractivity contribution is -0.144. The number of phenolic OH excluding ortho intramolecular Hbond substituents is 1. The first-order chi connectivity index (χ1) is 23.7. The molecule has 17 heteroatoms. The minimum absolute atomic E-state index is 0.0129. The molecule has 0 saturated carbocycles. The van der Waals surface area contributed by atoms with Gasteiger partial charge in [0.05, 0.1) is 12.8 Å². The van der Waals surface area contributed by atoms with Crippen LogP contribution >= 0.6 is 0 Å². The molecule has 10 N–H and O–H groups in total. The summed E-state index contributed by atoms with van der Waals surface area (Å²) in [4.78, 5) is 101. The van der Waals surface area contributed by atoms with Gasteiger partial charge in [-0.3, -0.25) is 33.6 Å². The number of amides is 6. The second-order valence-electron chi connectivity index (χ2n) is 13.2. The maximum atomic E-state index is 13.6. The Bertz CT molecular complexity index is 1400. The van der Waals surface area contributed by atoms with Crippen LogP contribution in [0.5, 0.6) is 5.75 Å². The molecule has 0 bridgehead atoms. The summed E-state index contributed by atoms with van der Waals surface area (Å²) in [6.07, 6.45) is -0.955. The summed E-state index contributed by atoms with van der Waals surface area (Å²) in [5, 5.41) is 40.4. The van der Waals surface area contributed by atoms with E-state index in [1.165, 1.54) is 12.1 Å². The molecule has 6 atom stereocenters. The molecule has 0 aliphatic rings. The minimum atomic E-state index is -1.79. The van der Waals surface area contributed by atoms with Gasteiger partial charge in [0.25, 0.3) is 0 Å². The van der Waals surface area contributed by atoms with E-state index in [0.717, 1.165) is 5.56 Å². The minimum Gasteiger partial charge on any atom is -0.508 e. The fraction of sp³-hybridized carbons (Fsp3) is 0.588. The Labute approximate surface area is 296 Å². The molecule has 284 valence electrons. The van der Waals surface area contributed by atoms with E-state index in [1.807, 2.05) is 0 Å². The number of rotatable bonds is 22. The summed E-state index contributed by atoms with van der Waals surface area (Å²) in [6, 6.07) is -0.892. The highest BCUT2D eigenvalue weighted by Gasteiger charge is 2.35. The first kappa shape index (κ1) is 43.8. The summed E-state index contributed by atoms with van der Waals surface area (Å²) in [5.74, 6) is -9.21. The molecule has 17 nitrogen and oxygen atoms in total. The summed E-state index contributed by atoms with van der Waals surface area (Å²) in [6.45, 7) is 10.2. The van der Waals surface area contributed by atoms with Gasteiger partial charge >= 0.3 is 11.9 Å². The zero-order valence-corrected chi connectivity index (χ0v) is 29.9. The van der Waals surface area contributed by atoms with Gasteiger partial charge in [-0.25, -0.2) is 4.79 Å². The third-order valence-corrected chi connectivity index (χ3v) is 8.01. The Kier molecular flexibility index (Phi) is 18.1. The Morgan fingerprint density at radius 1 is 0.686 bits per heavy atom. The van der Waals surface area contributed by atoms with E-state index in [1.54, 1.807) is 53.7 Å². The van der Waals surface area contributed by atoms with Gasteiger partial charge < -0.3 is 47.6 Å². The number of carboxylic acids is 2. The van der Waals surface area contributed by atoms with Crippen LogP contribution in [0, 0.1) is 17.8 Å². The van der Waals surface area contributed by atoms with Crippen molar-refractivity contribution in [2.24, 2.45) is 23.5 Å². The number of aliphatic carboxylic acids is 2. The summed E-state index contributed by atoms with van der Waals surface area (Å²) in [7, 11) is 0. The smallest absolute Gasteiger partial charge is 0.326 e. The molecule has 1 aromatic rings. The number of hydrogen-bond donors (Lipinski definition) is 9. The number of carbonyl (C=O) groups is 8. The van der Waals surface area contributed by atoms with Crippen molar-refractivity contribution in [2.75, 3.05) is 0 Å². The van der Waals surface area contributed by atoms with Crippen molar-refractivity contribution < 1.29 is 53.7 Å². The zero-order chi connectivity index (χ0) is 39.0. The maximum absolute atomic E-state index is 13.6. The van der Waals surface area contributed by atoms with E-state index in [9.17, 15) is 53.7 Å². The number of phenols is 1. The van der Waals surface area contributed by atoms with Crippen molar-refractivity contribution in [3.05, 3.63) is 29.8 Å². The molecule has 1 rings (SSSR count). The van der Waals surface area contributed by atoms with Crippen LogP contribution in [0.1, 0.15) is 79.2 Å². The molecule has 0 spiro atoms. The van der Waals surface area contributed by atoms with Crippen molar-refractivity contribution >= 4 is 47.4 Å². The van der Waals surface area contributed by atoms with Gasteiger partial charge in [0.2, 0.25) is 35.4 Å². The third-order valence-electron chi connectivity index (χ3n) is 8.01. The average Bonchev–Trinajstić information content (AvgIpc) is 3.03. The van der Waals surface area contributed by atoms with E-state index in [4.69, 9.17) is 5.73 Å². The SMILES string of the molecule is CC[C@H](C)[C@H](NC(=O)[C@@H](NC(=O)CCc1ccc(O)cc1)C(C)C)C(=O)N[C@@H](CC(N)=O)C(=O)N[C@@H](CC(=O)O)C(=O)N[C@@H](CC(C)C)C(=O)O. The quantitative estimate of drug-likeness (QED) is 0.0764. The van der Waals surface area contributed by atoms with Gasteiger partial charge in [0.1, 0.15) is 36.0 Å². The molecule has 0 unspecified atom stereocenters. The molecule has 0 aliphatic heterocycles. The molecular formula is C34H52N6O11. The number of nitrogens with one attached hydrogen (secondary N) is 5. The van der Waals surface area contributed by atoms with Gasteiger partial charge in [-0.05, 0) is 48.3 Å². The van der Waals surface area contributed by atoms with Crippen LogP contribution in [0.15, 0.2) is 24.3 Å². The fourth-order valence-corrected chi connectivity index (χ4v) is 4.94. The van der Waals surface area contributed by atoms with Gasteiger partial charge in [-0.15, -0.1) is 0 Å². The van der Waals surface area contributed by atoms with Gasteiger partial charge in [-0.1, -0.05) is 60.1 Å². The van der Waals surface area contributed by atoms with Gasteiger partial charge in [0.15, 0.2) is 0 Å². The van der Waals surface area contributed by atoms with Crippen LogP contribution in [-0.2, 0) is 44.8 Å². The number of primary amides is 1. The van der Waals surface area contributed by atoms with E-state index < -0.39 is 102 Å². The molecule has 0 radical (unpaired) electrons. The number of benzene rings is 1. The molecule has 0 aliphatic carbocycles. The molecule has 0 aromatic heterocycles. The molecule has 0 saturated heterocycles. The third kappa shape index (κ3) is 15.9. The highest BCUT2D eigenvalue weighted by molar-refractivity contribution is 5.98. The number of nitrogens with two attached hydrogens (primary N) is 1. The second kappa shape index (κ2) is 21.1. The largest absolute Gasteiger partial charge is 0.508 e. The van der Waals surface area contributed by atoms with Crippen LogP contribution in [0.2, 0.25) is 0 Å². The number of aromatic hydroxyl groups is 1. The summed E-state index contributed by atoms with van der Waals surface area (Å²) < 4.78 is 0. The zero-order valence-electron chi connectivity index (χ0n) is 29.9. The van der Waals surface area contributed by atoms with Crippen molar-refractivity contribution in [1.82, 2.24) is 26.6 Å². The number of carbonyl (C=O) groups excluding carboxylic acids is 6. The van der Waals surface area contributed by atoms with Gasteiger partial charge in [-0.2, -0.15) is 0 Å². The Hall–Kier alpha value is -5.22.